The smallest absolute Gasteiger partial charge is 0.232 e. The van der Waals surface area contributed by atoms with Gasteiger partial charge in [0.15, 0.2) is 0 Å². The van der Waals surface area contributed by atoms with Crippen LogP contribution < -0.4 is 9.62 Å². The number of nitrogens with one attached hydrogen (secondary N) is 1. The normalized spacial score (nSPS) is 12.7. The molecule has 0 radical (unpaired) electrons. The number of ether oxygens (including phenoxy) is 1. The first-order valence-corrected chi connectivity index (χ1v) is 9.90. The van der Waals surface area contributed by atoms with Crippen molar-refractivity contribution >= 4 is 33.2 Å². The molecule has 0 aromatic heterocycles. The molecule has 1 amide bonds. The van der Waals surface area contributed by atoms with Crippen LogP contribution >= 0.6 is 11.6 Å². The highest BCUT2D eigenvalue weighted by Gasteiger charge is 2.20. The SMILES string of the molecule is COC[C@@H](C)NC(=O)CCCN(c1cc(Cl)ccc1C)S(C)(=O)=O. The zero-order valence-corrected chi connectivity index (χ0v) is 16.1. The highest BCUT2D eigenvalue weighted by Crippen LogP contribution is 2.26. The number of benzene rings is 1. The Balaban J connectivity index is 2.73. The average molecular weight is 377 g/mol. The first-order valence-electron chi connectivity index (χ1n) is 7.67. The van der Waals surface area contributed by atoms with Crippen molar-refractivity contribution in [1.82, 2.24) is 5.32 Å². The molecule has 136 valence electrons. The van der Waals surface area contributed by atoms with Crippen LogP contribution in [0.5, 0.6) is 0 Å². The molecule has 1 aromatic carbocycles. The zero-order chi connectivity index (χ0) is 18.3. The number of methoxy groups -OCH3 is 1. The second kappa shape index (κ2) is 9.25. The van der Waals surface area contributed by atoms with Gasteiger partial charge in [-0.2, -0.15) is 0 Å². The Bertz CT molecular complexity index is 664. The van der Waals surface area contributed by atoms with Crippen molar-refractivity contribution in [2.24, 2.45) is 0 Å². The summed E-state index contributed by atoms with van der Waals surface area (Å²) in [4.78, 5) is 11.9. The molecule has 1 N–H and O–H groups in total. The van der Waals surface area contributed by atoms with Crippen molar-refractivity contribution in [3.8, 4) is 0 Å². The van der Waals surface area contributed by atoms with Gasteiger partial charge < -0.3 is 10.1 Å². The maximum atomic E-state index is 12.1. The van der Waals surface area contributed by atoms with E-state index in [0.717, 1.165) is 11.8 Å². The molecule has 8 heteroatoms. The van der Waals surface area contributed by atoms with E-state index >= 15 is 0 Å². The number of carbonyl (C=O) groups is 1. The lowest BCUT2D eigenvalue weighted by molar-refractivity contribution is -0.122. The van der Waals surface area contributed by atoms with Gasteiger partial charge in [0.25, 0.3) is 0 Å². The van der Waals surface area contributed by atoms with Gasteiger partial charge in [-0.3, -0.25) is 9.10 Å². The fourth-order valence-electron chi connectivity index (χ4n) is 2.34. The summed E-state index contributed by atoms with van der Waals surface area (Å²) in [6, 6.07) is 5.03. The third kappa shape index (κ3) is 6.67. The van der Waals surface area contributed by atoms with Crippen molar-refractivity contribution in [1.29, 1.82) is 0 Å². The number of anilines is 1. The minimum absolute atomic E-state index is 0.0799. The van der Waals surface area contributed by atoms with Crippen molar-refractivity contribution in [3.05, 3.63) is 28.8 Å². The zero-order valence-electron chi connectivity index (χ0n) is 14.5. The molecule has 1 aromatic rings. The van der Waals surface area contributed by atoms with E-state index in [1.165, 1.54) is 4.31 Å². The Morgan fingerprint density at radius 2 is 2.08 bits per heavy atom. The standard InChI is InChI=1S/C16H25ClN2O4S/c1-12-7-8-14(17)10-15(12)19(24(4,21)22)9-5-6-16(20)18-13(2)11-23-3/h7-8,10,13H,5-6,9,11H2,1-4H3,(H,18,20)/t13-/m1/s1. The van der Waals surface area contributed by atoms with Gasteiger partial charge in [0.1, 0.15) is 0 Å². The Labute approximate surface area is 149 Å². The summed E-state index contributed by atoms with van der Waals surface area (Å²) in [5.74, 6) is -0.129. The maximum Gasteiger partial charge on any atom is 0.232 e. The molecular formula is C16H25ClN2O4S. The van der Waals surface area contributed by atoms with Gasteiger partial charge in [-0.25, -0.2) is 8.42 Å². The first-order chi connectivity index (χ1) is 11.1. The Kier molecular flexibility index (Phi) is 7.99. The van der Waals surface area contributed by atoms with Crippen LogP contribution in [0.25, 0.3) is 0 Å². The predicted molar refractivity (Wildman–Crippen MR) is 97.1 cm³/mol. The van der Waals surface area contributed by atoms with E-state index < -0.39 is 10.0 Å². The Hall–Kier alpha value is -1.31. The molecular weight excluding hydrogens is 352 g/mol. The summed E-state index contributed by atoms with van der Waals surface area (Å²) in [5, 5.41) is 3.27. The minimum Gasteiger partial charge on any atom is -0.383 e. The van der Waals surface area contributed by atoms with Crippen molar-refractivity contribution in [2.75, 3.05) is 30.8 Å². The van der Waals surface area contributed by atoms with Crippen LogP contribution in [-0.4, -0.2) is 46.9 Å². The Morgan fingerprint density at radius 1 is 1.42 bits per heavy atom. The van der Waals surface area contributed by atoms with E-state index in [-0.39, 0.29) is 24.9 Å². The Morgan fingerprint density at radius 3 is 2.67 bits per heavy atom. The van der Waals surface area contributed by atoms with E-state index in [1.54, 1.807) is 25.3 Å². The number of hydrogen-bond donors (Lipinski definition) is 1. The number of sulfonamides is 1. The molecule has 0 spiro atoms. The van der Waals surface area contributed by atoms with Crippen molar-refractivity contribution in [2.45, 2.75) is 32.7 Å². The molecule has 0 saturated heterocycles. The van der Waals surface area contributed by atoms with Crippen LogP contribution in [-0.2, 0) is 19.6 Å². The summed E-state index contributed by atoms with van der Waals surface area (Å²) in [6.45, 7) is 4.32. The van der Waals surface area contributed by atoms with Gasteiger partial charge >= 0.3 is 0 Å². The van der Waals surface area contributed by atoms with Crippen LogP contribution in [0.3, 0.4) is 0 Å². The summed E-state index contributed by atoms with van der Waals surface area (Å²) in [7, 11) is -1.89. The summed E-state index contributed by atoms with van der Waals surface area (Å²) in [6.07, 6.45) is 1.79. The fraction of sp³-hybridized carbons (Fsp3) is 0.562. The summed E-state index contributed by atoms with van der Waals surface area (Å²) >= 11 is 5.99. The topological polar surface area (TPSA) is 75.7 Å². The monoisotopic (exact) mass is 376 g/mol. The number of rotatable bonds is 9. The molecule has 0 bridgehead atoms. The van der Waals surface area contributed by atoms with E-state index in [9.17, 15) is 13.2 Å². The lowest BCUT2D eigenvalue weighted by Gasteiger charge is -2.24. The average Bonchev–Trinajstić information content (AvgIpc) is 2.45. The van der Waals surface area contributed by atoms with Gasteiger partial charge in [0, 0.05) is 31.1 Å². The molecule has 0 aliphatic heterocycles. The second-order valence-corrected chi connectivity index (χ2v) is 8.14. The molecule has 0 unspecified atom stereocenters. The van der Waals surface area contributed by atoms with Crippen LogP contribution in [0.1, 0.15) is 25.3 Å². The molecule has 0 aliphatic carbocycles. The molecule has 0 fully saturated rings. The van der Waals surface area contributed by atoms with Gasteiger partial charge in [-0.15, -0.1) is 0 Å². The van der Waals surface area contributed by atoms with Crippen LogP contribution in [0.15, 0.2) is 18.2 Å². The maximum absolute atomic E-state index is 12.1. The molecule has 24 heavy (non-hydrogen) atoms. The van der Waals surface area contributed by atoms with Crippen LogP contribution in [0, 0.1) is 6.92 Å². The van der Waals surface area contributed by atoms with E-state index in [4.69, 9.17) is 16.3 Å². The van der Waals surface area contributed by atoms with Gasteiger partial charge in [-0.1, -0.05) is 17.7 Å². The van der Waals surface area contributed by atoms with E-state index in [1.807, 2.05) is 13.8 Å². The minimum atomic E-state index is -3.46. The quantitative estimate of drug-likeness (QED) is 0.717. The molecule has 1 atom stereocenters. The number of halogens is 1. The van der Waals surface area contributed by atoms with Crippen LogP contribution in [0.2, 0.25) is 5.02 Å². The molecule has 1 rings (SSSR count). The first kappa shape index (κ1) is 20.7. The molecule has 6 nitrogen and oxygen atoms in total. The van der Waals surface area contributed by atoms with Crippen molar-refractivity contribution < 1.29 is 17.9 Å². The number of hydrogen-bond acceptors (Lipinski definition) is 4. The number of carbonyl (C=O) groups excluding carboxylic acids is 1. The third-order valence-electron chi connectivity index (χ3n) is 3.43. The highest BCUT2D eigenvalue weighted by molar-refractivity contribution is 7.92. The largest absolute Gasteiger partial charge is 0.383 e. The van der Waals surface area contributed by atoms with Gasteiger partial charge in [0.05, 0.1) is 18.6 Å². The third-order valence-corrected chi connectivity index (χ3v) is 4.84. The van der Waals surface area contributed by atoms with E-state index in [0.29, 0.717) is 23.7 Å². The highest BCUT2D eigenvalue weighted by atomic mass is 35.5. The fourth-order valence-corrected chi connectivity index (χ4v) is 3.52. The van der Waals surface area contributed by atoms with E-state index in [2.05, 4.69) is 5.32 Å². The molecule has 0 saturated carbocycles. The number of amides is 1. The predicted octanol–water partition coefficient (Wildman–Crippen LogP) is 2.35. The molecule has 0 aliphatic rings. The lowest BCUT2D eigenvalue weighted by atomic mass is 10.2. The lowest BCUT2D eigenvalue weighted by Crippen LogP contribution is -2.36. The van der Waals surface area contributed by atoms with Gasteiger partial charge in [-0.05, 0) is 38.0 Å². The van der Waals surface area contributed by atoms with Gasteiger partial charge in [0.2, 0.25) is 15.9 Å². The molecule has 0 heterocycles. The number of aryl methyl sites for hydroxylation is 1. The summed E-state index contributed by atoms with van der Waals surface area (Å²) in [5.41, 5.74) is 1.35. The summed E-state index contributed by atoms with van der Waals surface area (Å²) < 4.78 is 30.5. The number of nitrogens with zero attached hydrogens (tertiary/aromatic N) is 1. The van der Waals surface area contributed by atoms with Crippen LogP contribution in [0.4, 0.5) is 5.69 Å². The van der Waals surface area contributed by atoms with Crippen molar-refractivity contribution in [3.63, 3.8) is 0 Å². The second-order valence-electron chi connectivity index (χ2n) is 5.79.